The van der Waals surface area contributed by atoms with Crippen LogP contribution in [0.1, 0.15) is 0 Å². The number of hydrogen-bond donors (Lipinski definition) is 1. The quantitative estimate of drug-likeness (QED) is 0.581. The molecule has 0 aliphatic heterocycles. The van der Waals surface area contributed by atoms with Crippen molar-refractivity contribution in [2.75, 3.05) is 33.5 Å². The third-order valence-electron chi connectivity index (χ3n) is 2.40. The van der Waals surface area contributed by atoms with E-state index in [1.54, 1.807) is 7.11 Å². The van der Waals surface area contributed by atoms with Crippen molar-refractivity contribution in [1.29, 1.82) is 0 Å². The van der Waals surface area contributed by atoms with Crippen LogP contribution in [-0.2, 0) is 22.6 Å². The molecular weight excluding hydrogens is 238 g/mol. The number of nitrogens with two attached hydrogens (primary N) is 1. The third-order valence-corrected chi connectivity index (χ3v) is 2.40. The van der Waals surface area contributed by atoms with Crippen molar-refractivity contribution in [2.24, 2.45) is 5.73 Å². The van der Waals surface area contributed by atoms with Gasteiger partial charge in [-0.3, -0.25) is 13.9 Å². The molecule has 102 valence electrons. The van der Waals surface area contributed by atoms with Gasteiger partial charge in [-0.25, -0.2) is 4.79 Å². The lowest BCUT2D eigenvalue weighted by molar-refractivity contribution is 0.0660. The molecule has 0 saturated heterocycles. The van der Waals surface area contributed by atoms with Crippen molar-refractivity contribution in [3.63, 3.8) is 0 Å². The molecule has 2 N–H and O–H groups in total. The normalized spacial score (nSPS) is 10.8. The van der Waals surface area contributed by atoms with Crippen molar-refractivity contribution in [3.05, 3.63) is 33.1 Å². The van der Waals surface area contributed by atoms with Gasteiger partial charge < -0.3 is 15.2 Å². The zero-order valence-corrected chi connectivity index (χ0v) is 10.5. The molecule has 0 bridgehead atoms. The predicted molar refractivity (Wildman–Crippen MR) is 66.7 cm³/mol. The van der Waals surface area contributed by atoms with Gasteiger partial charge in [0.05, 0.1) is 26.4 Å². The van der Waals surface area contributed by atoms with Crippen LogP contribution in [0.4, 0.5) is 0 Å². The highest BCUT2D eigenvalue weighted by Gasteiger charge is 2.03. The topological polar surface area (TPSA) is 88.5 Å². The highest BCUT2D eigenvalue weighted by molar-refractivity contribution is 4.86. The summed E-state index contributed by atoms with van der Waals surface area (Å²) in [7, 11) is 1.59. The Bertz CT molecular complexity index is 466. The lowest BCUT2D eigenvalue weighted by Gasteiger charge is -2.09. The van der Waals surface area contributed by atoms with E-state index in [9.17, 15) is 9.59 Å². The molecule has 0 fully saturated rings. The molecule has 0 aromatic carbocycles. The fourth-order valence-electron chi connectivity index (χ4n) is 1.47. The molecule has 1 aromatic rings. The molecule has 0 unspecified atom stereocenters. The highest BCUT2D eigenvalue weighted by atomic mass is 16.5. The predicted octanol–water partition coefficient (Wildman–Crippen LogP) is -1.37. The van der Waals surface area contributed by atoms with Crippen LogP contribution in [0.25, 0.3) is 0 Å². The summed E-state index contributed by atoms with van der Waals surface area (Å²) in [6.45, 7) is 2.26. The van der Waals surface area contributed by atoms with Gasteiger partial charge in [0, 0.05) is 32.5 Å². The lowest BCUT2D eigenvalue weighted by Crippen LogP contribution is -2.41. The summed E-state index contributed by atoms with van der Waals surface area (Å²) in [6.07, 6.45) is 1.47. The van der Waals surface area contributed by atoms with Gasteiger partial charge in [-0.2, -0.15) is 0 Å². The van der Waals surface area contributed by atoms with Crippen LogP contribution in [0.2, 0.25) is 0 Å². The summed E-state index contributed by atoms with van der Waals surface area (Å²) in [5.74, 6) is 0. The van der Waals surface area contributed by atoms with E-state index >= 15 is 0 Å². The van der Waals surface area contributed by atoms with E-state index in [1.807, 2.05) is 0 Å². The number of nitrogens with zero attached hydrogens (tertiary/aromatic N) is 2. The minimum Gasteiger partial charge on any atom is -0.382 e. The molecular formula is C11H19N3O4. The summed E-state index contributed by atoms with van der Waals surface area (Å²) >= 11 is 0. The Kier molecular flexibility index (Phi) is 6.34. The van der Waals surface area contributed by atoms with Gasteiger partial charge in [-0.05, 0) is 0 Å². The molecule has 7 nitrogen and oxygen atoms in total. The first-order valence-electron chi connectivity index (χ1n) is 5.77. The summed E-state index contributed by atoms with van der Waals surface area (Å²) in [4.78, 5) is 23.3. The van der Waals surface area contributed by atoms with E-state index in [2.05, 4.69) is 0 Å². The molecule has 1 aromatic heterocycles. The maximum atomic E-state index is 11.9. The standard InChI is InChI=1S/C11H19N3O4/c1-17-8-9-18-7-6-13-4-2-10(15)14(5-3-12)11(13)16/h2,4H,3,5-9,12H2,1H3. The first kappa shape index (κ1) is 14.6. The maximum absolute atomic E-state index is 11.9. The van der Waals surface area contributed by atoms with Gasteiger partial charge in [0.2, 0.25) is 0 Å². The second-order valence-corrected chi connectivity index (χ2v) is 3.68. The SMILES string of the molecule is COCCOCCn1ccc(=O)n(CCN)c1=O. The van der Waals surface area contributed by atoms with E-state index in [0.29, 0.717) is 26.4 Å². The van der Waals surface area contributed by atoms with Gasteiger partial charge in [0.25, 0.3) is 5.56 Å². The number of hydrogen-bond acceptors (Lipinski definition) is 5. The molecule has 7 heteroatoms. The fourth-order valence-corrected chi connectivity index (χ4v) is 1.47. The zero-order chi connectivity index (χ0) is 13.4. The average Bonchev–Trinajstić information content (AvgIpc) is 2.36. The van der Waals surface area contributed by atoms with Gasteiger partial charge >= 0.3 is 5.69 Å². The molecule has 0 aliphatic rings. The smallest absolute Gasteiger partial charge is 0.331 e. The maximum Gasteiger partial charge on any atom is 0.331 e. The first-order chi connectivity index (χ1) is 8.70. The second kappa shape index (κ2) is 7.80. The largest absolute Gasteiger partial charge is 0.382 e. The Morgan fingerprint density at radius 2 is 2.00 bits per heavy atom. The van der Waals surface area contributed by atoms with E-state index < -0.39 is 0 Å². The number of aromatic nitrogens is 2. The van der Waals surface area contributed by atoms with Crippen LogP contribution in [0, 0.1) is 0 Å². The molecule has 0 atom stereocenters. The van der Waals surface area contributed by atoms with Gasteiger partial charge in [-0.15, -0.1) is 0 Å². The number of rotatable bonds is 8. The van der Waals surface area contributed by atoms with Crippen molar-refractivity contribution < 1.29 is 9.47 Å². The van der Waals surface area contributed by atoms with Crippen LogP contribution in [-0.4, -0.2) is 42.6 Å². The Morgan fingerprint density at radius 3 is 2.67 bits per heavy atom. The minimum atomic E-state index is -0.358. The highest BCUT2D eigenvalue weighted by Crippen LogP contribution is 1.83. The molecule has 18 heavy (non-hydrogen) atoms. The van der Waals surface area contributed by atoms with Crippen LogP contribution >= 0.6 is 0 Å². The fraction of sp³-hybridized carbons (Fsp3) is 0.636. The Morgan fingerprint density at radius 1 is 1.22 bits per heavy atom. The van der Waals surface area contributed by atoms with Crippen molar-refractivity contribution >= 4 is 0 Å². The molecule has 1 rings (SSSR count). The lowest BCUT2D eigenvalue weighted by atomic mass is 10.5. The van der Waals surface area contributed by atoms with E-state index in [4.69, 9.17) is 15.2 Å². The van der Waals surface area contributed by atoms with Crippen LogP contribution in [0.3, 0.4) is 0 Å². The summed E-state index contributed by atoms with van der Waals surface area (Å²) < 4.78 is 12.7. The monoisotopic (exact) mass is 257 g/mol. The summed E-state index contributed by atoms with van der Waals surface area (Å²) in [5, 5.41) is 0. The van der Waals surface area contributed by atoms with E-state index in [0.717, 1.165) is 4.57 Å². The Hall–Kier alpha value is -1.44. The molecule has 1 heterocycles. The average molecular weight is 257 g/mol. The molecule has 0 aliphatic carbocycles. The minimum absolute atomic E-state index is 0.225. The van der Waals surface area contributed by atoms with Gasteiger partial charge in [0.15, 0.2) is 0 Å². The molecule has 0 saturated carbocycles. The molecule has 0 radical (unpaired) electrons. The summed E-state index contributed by atoms with van der Waals surface area (Å²) in [6, 6.07) is 1.35. The van der Waals surface area contributed by atoms with Crippen molar-refractivity contribution in [3.8, 4) is 0 Å². The van der Waals surface area contributed by atoms with E-state index in [1.165, 1.54) is 16.8 Å². The summed E-state index contributed by atoms with van der Waals surface area (Å²) in [5.41, 5.74) is 4.67. The van der Waals surface area contributed by atoms with E-state index in [-0.39, 0.29) is 24.3 Å². The molecule has 0 spiro atoms. The van der Waals surface area contributed by atoms with Crippen molar-refractivity contribution in [1.82, 2.24) is 9.13 Å². The van der Waals surface area contributed by atoms with Crippen LogP contribution in [0.15, 0.2) is 21.9 Å². The second-order valence-electron chi connectivity index (χ2n) is 3.68. The Labute approximate surface area is 105 Å². The van der Waals surface area contributed by atoms with Crippen LogP contribution in [0.5, 0.6) is 0 Å². The third kappa shape index (κ3) is 4.10. The Balaban J connectivity index is 2.64. The van der Waals surface area contributed by atoms with Crippen LogP contribution < -0.4 is 17.0 Å². The zero-order valence-electron chi connectivity index (χ0n) is 10.5. The molecule has 0 amide bonds. The number of ether oxygens (including phenoxy) is 2. The van der Waals surface area contributed by atoms with Gasteiger partial charge in [-0.1, -0.05) is 0 Å². The number of methoxy groups -OCH3 is 1. The van der Waals surface area contributed by atoms with Gasteiger partial charge in [0.1, 0.15) is 0 Å². The van der Waals surface area contributed by atoms with Crippen molar-refractivity contribution in [2.45, 2.75) is 13.1 Å². The first-order valence-corrected chi connectivity index (χ1v) is 5.77.